The van der Waals surface area contributed by atoms with Crippen LogP contribution in [0.25, 0.3) is 11.0 Å². The van der Waals surface area contributed by atoms with Crippen LogP contribution in [0, 0.1) is 0 Å². The molecule has 2 heterocycles. The van der Waals surface area contributed by atoms with Crippen molar-refractivity contribution in [3.8, 4) is 0 Å². The Kier molecular flexibility index (Phi) is 5.40. The lowest BCUT2D eigenvalue weighted by Crippen LogP contribution is -2.33. The molecule has 0 aliphatic heterocycles. The van der Waals surface area contributed by atoms with Crippen LogP contribution in [-0.4, -0.2) is 33.6 Å². The Morgan fingerprint density at radius 2 is 2.00 bits per heavy atom. The van der Waals surface area contributed by atoms with Gasteiger partial charge in [-0.25, -0.2) is 4.98 Å². The summed E-state index contributed by atoms with van der Waals surface area (Å²) in [7, 11) is 0. The molecule has 24 heavy (non-hydrogen) atoms. The Balaban J connectivity index is 1.39. The topological polar surface area (TPSA) is 81.1 Å². The highest BCUT2D eigenvalue weighted by Crippen LogP contribution is 2.11. The number of nitrogens with one attached hydrogen (secondary N) is 1. The standard InChI is InChI=1S/C18H22N6/c19-18(22-12-9-15-6-3-4-10-20-15)21-11-5-13-24-14-23-16-7-1-2-8-17(16)24/h1-4,6-8,10,14H,5,9,11-13H2,(H3,19,21,22). The second-order valence-electron chi connectivity index (χ2n) is 5.55. The Hall–Kier alpha value is -2.89. The summed E-state index contributed by atoms with van der Waals surface area (Å²) < 4.78 is 2.15. The Morgan fingerprint density at radius 1 is 1.12 bits per heavy atom. The molecular formula is C18H22N6. The van der Waals surface area contributed by atoms with Gasteiger partial charge in [0.15, 0.2) is 5.96 Å². The fourth-order valence-electron chi connectivity index (χ4n) is 2.55. The average molecular weight is 322 g/mol. The number of imidazole rings is 1. The summed E-state index contributed by atoms with van der Waals surface area (Å²) in [5.74, 6) is 0.487. The minimum absolute atomic E-state index is 0.487. The number of rotatable bonds is 7. The van der Waals surface area contributed by atoms with Crippen molar-refractivity contribution >= 4 is 17.0 Å². The summed E-state index contributed by atoms with van der Waals surface area (Å²) in [5.41, 5.74) is 9.11. The third kappa shape index (κ3) is 4.32. The van der Waals surface area contributed by atoms with E-state index in [-0.39, 0.29) is 0 Å². The second kappa shape index (κ2) is 8.10. The number of nitrogens with zero attached hydrogens (tertiary/aromatic N) is 4. The first-order valence-corrected chi connectivity index (χ1v) is 8.16. The number of benzene rings is 1. The molecule has 0 spiro atoms. The van der Waals surface area contributed by atoms with Gasteiger partial charge in [0.05, 0.1) is 17.4 Å². The van der Waals surface area contributed by atoms with Gasteiger partial charge >= 0.3 is 0 Å². The van der Waals surface area contributed by atoms with Gasteiger partial charge in [0, 0.05) is 37.9 Å². The van der Waals surface area contributed by atoms with E-state index in [9.17, 15) is 0 Å². The molecule has 1 aromatic carbocycles. The fourth-order valence-corrected chi connectivity index (χ4v) is 2.55. The third-order valence-electron chi connectivity index (χ3n) is 3.78. The number of hydrogen-bond acceptors (Lipinski definition) is 3. The molecule has 0 unspecified atom stereocenters. The van der Waals surface area contributed by atoms with E-state index in [4.69, 9.17) is 5.73 Å². The maximum atomic E-state index is 5.89. The lowest BCUT2D eigenvalue weighted by atomic mass is 10.3. The summed E-state index contributed by atoms with van der Waals surface area (Å²) in [6.45, 7) is 2.30. The Morgan fingerprint density at radius 3 is 2.88 bits per heavy atom. The van der Waals surface area contributed by atoms with Crippen molar-refractivity contribution in [3.63, 3.8) is 0 Å². The average Bonchev–Trinajstić information content (AvgIpc) is 3.03. The molecule has 3 N–H and O–H groups in total. The van der Waals surface area contributed by atoms with Gasteiger partial charge < -0.3 is 15.6 Å². The van der Waals surface area contributed by atoms with Gasteiger partial charge in [-0.2, -0.15) is 0 Å². The minimum atomic E-state index is 0.487. The van der Waals surface area contributed by atoms with Gasteiger partial charge in [0.2, 0.25) is 0 Å². The smallest absolute Gasteiger partial charge is 0.188 e. The van der Waals surface area contributed by atoms with Crippen molar-refractivity contribution in [1.29, 1.82) is 0 Å². The van der Waals surface area contributed by atoms with Gasteiger partial charge in [-0.1, -0.05) is 18.2 Å². The molecule has 0 amide bonds. The zero-order valence-corrected chi connectivity index (χ0v) is 13.6. The molecule has 2 aromatic heterocycles. The highest BCUT2D eigenvalue weighted by atomic mass is 15.1. The Bertz CT molecular complexity index is 793. The summed E-state index contributed by atoms with van der Waals surface area (Å²) in [5, 5.41) is 3.12. The first-order valence-electron chi connectivity index (χ1n) is 8.16. The molecule has 0 radical (unpaired) electrons. The van der Waals surface area contributed by atoms with E-state index in [2.05, 4.69) is 30.9 Å². The number of pyridine rings is 1. The molecule has 6 nitrogen and oxygen atoms in total. The van der Waals surface area contributed by atoms with E-state index in [0.29, 0.717) is 12.5 Å². The molecule has 0 atom stereocenters. The van der Waals surface area contributed by atoms with Crippen LogP contribution in [0.5, 0.6) is 0 Å². The van der Waals surface area contributed by atoms with Gasteiger partial charge in [-0.05, 0) is 30.7 Å². The molecule has 3 rings (SSSR count). The molecule has 0 saturated heterocycles. The van der Waals surface area contributed by atoms with Crippen molar-refractivity contribution in [2.75, 3.05) is 13.1 Å². The molecule has 0 aliphatic carbocycles. The first-order chi connectivity index (χ1) is 11.8. The molecule has 6 heteroatoms. The predicted molar refractivity (Wildman–Crippen MR) is 96.8 cm³/mol. The summed E-state index contributed by atoms with van der Waals surface area (Å²) in [4.78, 5) is 13.0. The maximum Gasteiger partial charge on any atom is 0.188 e. The number of guanidine groups is 1. The van der Waals surface area contributed by atoms with Crippen LogP contribution in [0.1, 0.15) is 12.1 Å². The SMILES string of the molecule is NC(=NCCCn1cnc2ccccc21)NCCc1ccccn1. The molecule has 0 bridgehead atoms. The predicted octanol–water partition coefficient (Wildman–Crippen LogP) is 1.97. The largest absolute Gasteiger partial charge is 0.370 e. The summed E-state index contributed by atoms with van der Waals surface area (Å²) in [6, 6.07) is 14.0. The van der Waals surface area contributed by atoms with Crippen LogP contribution < -0.4 is 11.1 Å². The van der Waals surface area contributed by atoms with Gasteiger partial charge in [-0.15, -0.1) is 0 Å². The highest BCUT2D eigenvalue weighted by Gasteiger charge is 2.00. The lowest BCUT2D eigenvalue weighted by Gasteiger charge is -2.06. The number of hydrogen-bond donors (Lipinski definition) is 2. The fraction of sp³-hybridized carbons (Fsp3) is 0.278. The van der Waals surface area contributed by atoms with Crippen molar-refractivity contribution in [2.24, 2.45) is 10.7 Å². The van der Waals surface area contributed by atoms with E-state index < -0.39 is 0 Å². The highest BCUT2D eigenvalue weighted by molar-refractivity contribution is 5.77. The van der Waals surface area contributed by atoms with Crippen LogP contribution in [0.15, 0.2) is 60.0 Å². The van der Waals surface area contributed by atoms with Crippen molar-refractivity contribution in [2.45, 2.75) is 19.4 Å². The number of fused-ring (bicyclic) bond motifs is 1. The minimum Gasteiger partial charge on any atom is -0.370 e. The van der Waals surface area contributed by atoms with Crippen LogP contribution in [-0.2, 0) is 13.0 Å². The normalized spacial score (nSPS) is 11.8. The van der Waals surface area contributed by atoms with Crippen LogP contribution in [0.3, 0.4) is 0 Å². The van der Waals surface area contributed by atoms with E-state index in [1.165, 1.54) is 0 Å². The lowest BCUT2D eigenvalue weighted by molar-refractivity contribution is 0.664. The zero-order chi connectivity index (χ0) is 16.6. The van der Waals surface area contributed by atoms with Crippen molar-refractivity contribution in [1.82, 2.24) is 19.9 Å². The number of aliphatic imine (C=N–C) groups is 1. The van der Waals surface area contributed by atoms with Gasteiger partial charge in [0.25, 0.3) is 0 Å². The quantitative estimate of drug-likeness (QED) is 0.396. The number of para-hydroxylation sites is 2. The van der Waals surface area contributed by atoms with Crippen LogP contribution in [0.4, 0.5) is 0 Å². The molecule has 0 saturated carbocycles. The number of aromatic nitrogens is 3. The summed E-state index contributed by atoms with van der Waals surface area (Å²) in [6.07, 6.45) is 5.43. The molecular weight excluding hydrogens is 300 g/mol. The van der Waals surface area contributed by atoms with Gasteiger partial charge in [0.1, 0.15) is 0 Å². The number of aryl methyl sites for hydroxylation is 1. The third-order valence-corrected chi connectivity index (χ3v) is 3.78. The van der Waals surface area contributed by atoms with E-state index in [1.807, 2.05) is 42.7 Å². The van der Waals surface area contributed by atoms with Crippen LogP contribution in [0.2, 0.25) is 0 Å². The monoisotopic (exact) mass is 322 g/mol. The Labute approximate surface area is 141 Å². The summed E-state index contributed by atoms with van der Waals surface area (Å²) >= 11 is 0. The maximum absolute atomic E-state index is 5.89. The van der Waals surface area contributed by atoms with Gasteiger partial charge in [-0.3, -0.25) is 9.98 Å². The first kappa shape index (κ1) is 16.0. The number of nitrogens with two attached hydrogens (primary N) is 1. The molecule has 0 fully saturated rings. The molecule has 0 aliphatic rings. The van der Waals surface area contributed by atoms with E-state index >= 15 is 0 Å². The second-order valence-corrected chi connectivity index (χ2v) is 5.55. The molecule has 3 aromatic rings. The van der Waals surface area contributed by atoms with E-state index in [0.717, 1.165) is 42.7 Å². The molecule has 124 valence electrons. The van der Waals surface area contributed by atoms with Crippen molar-refractivity contribution < 1.29 is 0 Å². The van der Waals surface area contributed by atoms with E-state index in [1.54, 1.807) is 6.20 Å². The van der Waals surface area contributed by atoms with Crippen molar-refractivity contribution in [3.05, 3.63) is 60.7 Å². The zero-order valence-electron chi connectivity index (χ0n) is 13.6. The van der Waals surface area contributed by atoms with Crippen LogP contribution >= 0.6 is 0 Å².